The third-order valence-electron chi connectivity index (χ3n) is 2.63. The number of azo groups is 1. The van der Waals surface area contributed by atoms with E-state index in [-0.39, 0.29) is 18.1 Å². The summed E-state index contributed by atoms with van der Waals surface area (Å²) < 4.78 is 10.2. The van der Waals surface area contributed by atoms with Crippen molar-refractivity contribution in [1.29, 1.82) is 0 Å². The molecule has 0 spiro atoms. The van der Waals surface area contributed by atoms with E-state index in [1.807, 2.05) is 19.9 Å². The summed E-state index contributed by atoms with van der Waals surface area (Å²) >= 11 is 0. The van der Waals surface area contributed by atoms with Crippen LogP contribution < -0.4 is 4.74 Å². The van der Waals surface area contributed by atoms with E-state index >= 15 is 0 Å². The molecule has 1 aliphatic rings. The Bertz CT molecular complexity index is 530. The standard InChI is InChI=1S/C14H16N2O3/c1-14(2)8-11(15-16-14)9-19-13(17)10-4-6-12(18-3)7-5-10/h4-8H,9H2,1-3H3. The monoisotopic (exact) mass is 260 g/mol. The Morgan fingerprint density at radius 2 is 1.95 bits per heavy atom. The van der Waals surface area contributed by atoms with Crippen molar-refractivity contribution < 1.29 is 14.3 Å². The zero-order valence-corrected chi connectivity index (χ0v) is 11.2. The lowest BCUT2D eigenvalue weighted by atomic mass is 10.1. The van der Waals surface area contributed by atoms with E-state index in [0.717, 1.165) is 0 Å². The van der Waals surface area contributed by atoms with Gasteiger partial charge in [-0.15, -0.1) is 0 Å². The Kier molecular flexibility index (Phi) is 3.64. The second-order valence-corrected chi connectivity index (χ2v) is 4.79. The Labute approximate surface area is 111 Å². The molecule has 0 saturated heterocycles. The van der Waals surface area contributed by atoms with Crippen molar-refractivity contribution >= 4 is 5.97 Å². The Hall–Kier alpha value is -2.17. The van der Waals surface area contributed by atoms with Crippen LogP contribution in [0.3, 0.4) is 0 Å². The second kappa shape index (κ2) is 5.22. The highest BCUT2D eigenvalue weighted by atomic mass is 16.5. The molecule has 0 atom stereocenters. The minimum Gasteiger partial charge on any atom is -0.497 e. The summed E-state index contributed by atoms with van der Waals surface area (Å²) in [7, 11) is 1.58. The number of benzene rings is 1. The number of hydrogen-bond acceptors (Lipinski definition) is 5. The number of carbonyl (C=O) groups excluding carboxylic acids is 1. The summed E-state index contributed by atoms with van der Waals surface area (Å²) in [5, 5.41) is 8.02. The van der Waals surface area contributed by atoms with Gasteiger partial charge in [0.05, 0.1) is 23.9 Å². The van der Waals surface area contributed by atoms with Crippen LogP contribution in [0.4, 0.5) is 0 Å². The molecule has 1 aromatic rings. The molecule has 0 aliphatic carbocycles. The van der Waals surface area contributed by atoms with Crippen molar-refractivity contribution in [2.75, 3.05) is 13.7 Å². The number of esters is 1. The molecule has 5 heteroatoms. The molecule has 0 radical (unpaired) electrons. The van der Waals surface area contributed by atoms with Crippen molar-refractivity contribution in [3.63, 3.8) is 0 Å². The Balaban J connectivity index is 1.93. The van der Waals surface area contributed by atoms with Crippen LogP contribution in [0.25, 0.3) is 0 Å². The number of carbonyl (C=O) groups is 1. The van der Waals surface area contributed by atoms with Crippen LogP contribution in [-0.4, -0.2) is 25.2 Å². The third-order valence-corrected chi connectivity index (χ3v) is 2.63. The maximum absolute atomic E-state index is 11.8. The van der Waals surface area contributed by atoms with Crippen molar-refractivity contribution in [2.45, 2.75) is 19.4 Å². The fourth-order valence-corrected chi connectivity index (χ4v) is 1.68. The molecule has 0 saturated carbocycles. The molecule has 100 valence electrons. The molecular weight excluding hydrogens is 244 g/mol. The van der Waals surface area contributed by atoms with Gasteiger partial charge in [0.15, 0.2) is 0 Å². The average molecular weight is 260 g/mol. The summed E-state index contributed by atoms with van der Waals surface area (Å²) in [5.74, 6) is 0.314. The first-order valence-electron chi connectivity index (χ1n) is 5.96. The first-order chi connectivity index (χ1) is 9.00. The van der Waals surface area contributed by atoms with Crippen molar-refractivity contribution in [3.05, 3.63) is 41.6 Å². The van der Waals surface area contributed by atoms with Crippen LogP contribution >= 0.6 is 0 Å². The van der Waals surface area contributed by atoms with Crippen LogP contribution in [0, 0.1) is 0 Å². The van der Waals surface area contributed by atoms with Crippen molar-refractivity contribution in [2.24, 2.45) is 10.2 Å². The molecular formula is C14H16N2O3. The zero-order chi connectivity index (χ0) is 13.9. The molecule has 0 amide bonds. The lowest BCUT2D eigenvalue weighted by molar-refractivity contribution is 0.0539. The molecule has 0 bridgehead atoms. The molecule has 1 aromatic carbocycles. The zero-order valence-electron chi connectivity index (χ0n) is 11.2. The number of nitrogens with zero attached hydrogens (tertiary/aromatic N) is 2. The predicted octanol–water partition coefficient (Wildman–Crippen LogP) is 2.98. The second-order valence-electron chi connectivity index (χ2n) is 4.79. The average Bonchev–Trinajstić information content (AvgIpc) is 2.76. The smallest absolute Gasteiger partial charge is 0.338 e. The summed E-state index contributed by atoms with van der Waals surface area (Å²) in [6.07, 6.45) is 1.88. The van der Waals surface area contributed by atoms with Crippen LogP contribution in [-0.2, 0) is 4.74 Å². The number of methoxy groups -OCH3 is 1. The summed E-state index contributed by atoms with van der Waals surface area (Å²) in [6, 6.07) is 6.76. The van der Waals surface area contributed by atoms with Gasteiger partial charge in [0, 0.05) is 0 Å². The quantitative estimate of drug-likeness (QED) is 0.782. The lowest BCUT2D eigenvalue weighted by Crippen LogP contribution is -2.10. The van der Waals surface area contributed by atoms with Gasteiger partial charge in [-0.2, -0.15) is 10.2 Å². The predicted molar refractivity (Wildman–Crippen MR) is 70.3 cm³/mol. The van der Waals surface area contributed by atoms with E-state index in [2.05, 4.69) is 10.2 Å². The maximum atomic E-state index is 11.8. The minimum absolute atomic E-state index is 0.137. The largest absolute Gasteiger partial charge is 0.497 e. The summed E-state index contributed by atoms with van der Waals surface area (Å²) in [6.45, 7) is 4.02. The van der Waals surface area contributed by atoms with Gasteiger partial charge >= 0.3 is 5.97 Å². The highest BCUT2D eigenvalue weighted by Crippen LogP contribution is 2.23. The van der Waals surface area contributed by atoms with Crippen molar-refractivity contribution in [3.8, 4) is 5.75 Å². The molecule has 1 aliphatic heterocycles. The van der Waals surface area contributed by atoms with Gasteiger partial charge in [-0.25, -0.2) is 4.79 Å². The molecule has 5 nitrogen and oxygen atoms in total. The van der Waals surface area contributed by atoms with E-state index in [4.69, 9.17) is 9.47 Å². The van der Waals surface area contributed by atoms with Crippen LogP contribution in [0.5, 0.6) is 5.75 Å². The van der Waals surface area contributed by atoms with Crippen LogP contribution in [0.2, 0.25) is 0 Å². The van der Waals surface area contributed by atoms with E-state index in [1.54, 1.807) is 31.4 Å². The maximum Gasteiger partial charge on any atom is 0.338 e. The normalized spacial score (nSPS) is 16.1. The van der Waals surface area contributed by atoms with Gasteiger partial charge in [-0.3, -0.25) is 0 Å². The van der Waals surface area contributed by atoms with Gasteiger partial charge in [0.1, 0.15) is 12.4 Å². The van der Waals surface area contributed by atoms with Crippen LogP contribution in [0.15, 0.2) is 46.3 Å². The van der Waals surface area contributed by atoms with Gasteiger partial charge in [-0.1, -0.05) is 0 Å². The van der Waals surface area contributed by atoms with Gasteiger partial charge in [0.2, 0.25) is 0 Å². The molecule has 1 heterocycles. The van der Waals surface area contributed by atoms with E-state index in [9.17, 15) is 4.79 Å². The topological polar surface area (TPSA) is 60.2 Å². The van der Waals surface area contributed by atoms with Gasteiger partial charge in [-0.05, 0) is 44.2 Å². The lowest BCUT2D eigenvalue weighted by Gasteiger charge is -2.06. The summed E-state index contributed by atoms with van der Waals surface area (Å²) in [4.78, 5) is 11.8. The van der Waals surface area contributed by atoms with E-state index < -0.39 is 0 Å². The number of hydrogen-bond donors (Lipinski definition) is 0. The van der Waals surface area contributed by atoms with E-state index in [0.29, 0.717) is 17.0 Å². The molecule has 0 unspecified atom stereocenters. The Morgan fingerprint density at radius 3 is 2.47 bits per heavy atom. The van der Waals surface area contributed by atoms with Crippen LogP contribution in [0.1, 0.15) is 24.2 Å². The first-order valence-corrected chi connectivity index (χ1v) is 5.96. The highest BCUT2D eigenvalue weighted by molar-refractivity contribution is 5.89. The number of rotatable bonds is 4. The molecule has 0 fully saturated rings. The highest BCUT2D eigenvalue weighted by Gasteiger charge is 2.21. The van der Waals surface area contributed by atoms with E-state index in [1.165, 1.54) is 0 Å². The molecule has 0 aromatic heterocycles. The molecule has 0 N–H and O–H groups in total. The van der Waals surface area contributed by atoms with Crippen molar-refractivity contribution in [1.82, 2.24) is 0 Å². The molecule has 2 rings (SSSR count). The third kappa shape index (κ3) is 3.40. The molecule has 19 heavy (non-hydrogen) atoms. The fourth-order valence-electron chi connectivity index (χ4n) is 1.68. The van der Waals surface area contributed by atoms with Gasteiger partial charge < -0.3 is 9.47 Å². The summed E-state index contributed by atoms with van der Waals surface area (Å²) in [5.41, 5.74) is 0.851. The van der Waals surface area contributed by atoms with Gasteiger partial charge in [0.25, 0.3) is 0 Å². The Morgan fingerprint density at radius 1 is 1.26 bits per heavy atom. The minimum atomic E-state index is -0.386. The SMILES string of the molecule is COc1ccc(C(=O)OCC2=CC(C)(C)N=N2)cc1. The fraction of sp³-hybridized carbons (Fsp3) is 0.357. The number of ether oxygens (including phenoxy) is 2. The first kappa shape index (κ1) is 13.3.